The molecule has 0 bridgehead atoms. The molecular formula is C21H15ClN2O3S. The highest BCUT2D eigenvalue weighted by molar-refractivity contribution is 7.12. The first kappa shape index (κ1) is 16.3. The Kier molecular flexibility index (Phi) is 3.58. The second kappa shape index (κ2) is 6.15. The second-order valence-corrected chi connectivity index (χ2v) is 8.21. The number of nitrogens with zero attached hydrogens (tertiary/aromatic N) is 2. The molecule has 0 saturated heterocycles. The molecule has 0 fully saturated rings. The topological polar surface area (TPSA) is 43.3 Å². The molecule has 28 heavy (non-hydrogen) atoms. The first-order valence-electron chi connectivity index (χ1n) is 9.02. The predicted octanol–water partition coefficient (Wildman–Crippen LogP) is 5.37. The summed E-state index contributed by atoms with van der Waals surface area (Å²) in [5, 5.41) is 9.63. The van der Waals surface area contributed by atoms with Gasteiger partial charge in [0.25, 0.3) is 0 Å². The largest absolute Gasteiger partial charge is 0.464 e. The van der Waals surface area contributed by atoms with E-state index in [4.69, 9.17) is 30.9 Å². The van der Waals surface area contributed by atoms with Crippen LogP contribution < -0.4 is 14.2 Å². The van der Waals surface area contributed by atoms with Crippen LogP contribution >= 0.6 is 22.9 Å². The van der Waals surface area contributed by atoms with Gasteiger partial charge in [-0.25, -0.2) is 5.01 Å². The van der Waals surface area contributed by atoms with Gasteiger partial charge in [0.15, 0.2) is 11.5 Å². The van der Waals surface area contributed by atoms with Crippen LogP contribution in [0.3, 0.4) is 0 Å². The lowest BCUT2D eigenvalue weighted by molar-refractivity contribution is -0.0190. The van der Waals surface area contributed by atoms with Gasteiger partial charge in [0.1, 0.15) is 5.75 Å². The van der Waals surface area contributed by atoms with Gasteiger partial charge in [-0.05, 0) is 23.6 Å². The molecule has 2 aromatic carbocycles. The van der Waals surface area contributed by atoms with E-state index in [1.807, 2.05) is 29.3 Å². The number of hydrogen-bond donors (Lipinski definition) is 0. The highest BCUT2D eigenvalue weighted by Crippen LogP contribution is 2.50. The van der Waals surface area contributed by atoms with Crippen molar-refractivity contribution in [2.24, 2.45) is 5.10 Å². The zero-order valence-electron chi connectivity index (χ0n) is 14.7. The summed E-state index contributed by atoms with van der Waals surface area (Å²) in [6.45, 7) is 0.205. The Hall–Kier alpha value is -2.70. The average Bonchev–Trinajstić information content (AvgIpc) is 3.45. The molecule has 3 aromatic rings. The van der Waals surface area contributed by atoms with Gasteiger partial charge in [0.2, 0.25) is 13.0 Å². The number of halogens is 1. The predicted molar refractivity (Wildman–Crippen MR) is 107 cm³/mol. The van der Waals surface area contributed by atoms with Crippen LogP contribution in [0.5, 0.6) is 17.2 Å². The molecule has 7 heteroatoms. The Labute approximate surface area is 170 Å². The van der Waals surface area contributed by atoms with E-state index in [0.717, 1.165) is 29.0 Å². The molecule has 3 aliphatic rings. The minimum absolute atomic E-state index is 0.105. The molecule has 5 nitrogen and oxygen atoms in total. The highest BCUT2D eigenvalue weighted by Gasteiger charge is 2.42. The van der Waals surface area contributed by atoms with Crippen LogP contribution in [0.15, 0.2) is 59.0 Å². The molecular weight excluding hydrogens is 396 g/mol. The summed E-state index contributed by atoms with van der Waals surface area (Å²) in [6, 6.07) is 16.1. The smallest absolute Gasteiger partial charge is 0.231 e. The third-order valence-electron chi connectivity index (χ3n) is 5.26. The molecule has 0 amide bonds. The van der Waals surface area contributed by atoms with Crippen LogP contribution in [0.2, 0.25) is 5.02 Å². The lowest BCUT2D eigenvalue weighted by Gasteiger charge is -2.38. The minimum Gasteiger partial charge on any atom is -0.464 e. The van der Waals surface area contributed by atoms with Gasteiger partial charge in [0.05, 0.1) is 21.7 Å². The van der Waals surface area contributed by atoms with Crippen LogP contribution in [0.25, 0.3) is 0 Å². The van der Waals surface area contributed by atoms with E-state index in [-0.39, 0.29) is 12.8 Å². The molecule has 0 radical (unpaired) electrons. The van der Waals surface area contributed by atoms with E-state index < -0.39 is 6.23 Å². The summed E-state index contributed by atoms with van der Waals surface area (Å²) in [7, 11) is 0. The molecule has 3 aliphatic heterocycles. The third-order valence-corrected chi connectivity index (χ3v) is 6.51. The van der Waals surface area contributed by atoms with Gasteiger partial charge < -0.3 is 14.2 Å². The van der Waals surface area contributed by atoms with Gasteiger partial charge in [-0.1, -0.05) is 35.9 Å². The molecule has 0 aliphatic carbocycles. The van der Waals surface area contributed by atoms with E-state index in [9.17, 15) is 0 Å². The van der Waals surface area contributed by atoms with E-state index in [1.54, 1.807) is 17.4 Å². The van der Waals surface area contributed by atoms with E-state index >= 15 is 0 Å². The lowest BCUT2D eigenvalue weighted by atomic mass is 9.97. The van der Waals surface area contributed by atoms with Crippen molar-refractivity contribution in [2.75, 3.05) is 6.79 Å². The number of benzene rings is 2. The number of thiophene rings is 1. The Balaban J connectivity index is 1.48. The maximum absolute atomic E-state index is 6.61. The summed E-state index contributed by atoms with van der Waals surface area (Å²) < 4.78 is 17.4. The first-order chi connectivity index (χ1) is 13.8. The second-order valence-electron chi connectivity index (χ2n) is 6.86. The molecule has 6 rings (SSSR count). The van der Waals surface area contributed by atoms with Gasteiger partial charge >= 0.3 is 0 Å². The molecule has 0 unspecified atom stereocenters. The molecule has 0 N–H and O–H groups in total. The van der Waals surface area contributed by atoms with Crippen molar-refractivity contribution in [3.8, 4) is 17.2 Å². The molecule has 140 valence electrons. The fourth-order valence-electron chi connectivity index (χ4n) is 3.95. The molecule has 4 heterocycles. The summed E-state index contributed by atoms with van der Waals surface area (Å²) in [6.07, 6.45) is 0.402. The van der Waals surface area contributed by atoms with Crippen molar-refractivity contribution < 1.29 is 14.2 Å². The summed E-state index contributed by atoms with van der Waals surface area (Å²) in [5.74, 6) is 2.20. The number of fused-ring (bicyclic) bond motifs is 4. The van der Waals surface area contributed by atoms with Gasteiger partial charge in [0, 0.05) is 23.6 Å². The van der Waals surface area contributed by atoms with Crippen molar-refractivity contribution in [3.63, 3.8) is 0 Å². The minimum atomic E-state index is -0.431. The number of hydrazone groups is 1. The van der Waals surface area contributed by atoms with Crippen LogP contribution in [-0.4, -0.2) is 17.5 Å². The van der Waals surface area contributed by atoms with Gasteiger partial charge in [-0.3, -0.25) is 0 Å². The number of rotatable bonds is 2. The molecule has 0 saturated carbocycles. The molecule has 1 aromatic heterocycles. The van der Waals surface area contributed by atoms with Crippen LogP contribution in [-0.2, 0) is 0 Å². The average molecular weight is 411 g/mol. The van der Waals surface area contributed by atoms with Gasteiger partial charge in [-0.2, -0.15) is 5.10 Å². The van der Waals surface area contributed by atoms with Crippen LogP contribution in [0.4, 0.5) is 0 Å². The Bertz CT molecular complexity index is 1100. The quantitative estimate of drug-likeness (QED) is 0.569. The third kappa shape index (κ3) is 2.41. The number of para-hydroxylation sites is 1. The van der Waals surface area contributed by atoms with E-state index in [1.165, 1.54) is 4.88 Å². The maximum atomic E-state index is 6.61. The molecule has 2 atom stereocenters. The zero-order valence-corrected chi connectivity index (χ0v) is 16.2. The van der Waals surface area contributed by atoms with Crippen molar-refractivity contribution in [3.05, 3.63) is 74.9 Å². The van der Waals surface area contributed by atoms with Crippen molar-refractivity contribution in [2.45, 2.75) is 18.7 Å². The van der Waals surface area contributed by atoms with Crippen LogP contribution in [0.1, 0.15) is 34.7 Å². The first-order valence-corrected chi connectivity index (χ1v) is 10.3. The maximum Gasteiger partial charge on any atom is 0.231 e. The molecule has 0 spiro atoms. The van der Waals surface area contributed by atoms with Crippen molar-refractivity contribution >= 4 is 28.6 Å². The Morgan fingerprint density at radius 3 is 2.71 bits per heavy atom. The normalized spacial score (nSPS) is 21.8. The fourth-order valence-corrected chi connectivity index (χ4v) is 4.92. The van der Waals surface area contributed by atoms with Crippen LogP contribution in [0, 0.1) is 0 Å². The van der Waals surface area contributed by atoms with E-state index in [0.29, 0.717) is 16.5 Å². The Morgan fingerprint density at radius 2 is 1.86 bits per heavy atom. The standard InChI is InChI=1S/C21H15ClN2O3S/c22-14-9-19-18(25-11-26-19)8-13(14)21-24-16(12-4-1-2-5-17(12)27-21)10-15(23-24)20-6-3-7-28-20/h1-9,16,21H,10-11H2/t16-,21+/m0/s1. The SMILES string of the molecule is Clc1cc2c(cc1[C@H]1Oc3ccccc3[C@@H]3CC(c4cccs4)=NN13)OCO2. The lowest BCUT2D eigenvalue weighted by Crippen LogP contribution is -2.33. The Morgan fingerprint density at radius 1 is 1.00 bits per heavy atom. The number of hydrogen-bond acceptors (Lipinski definition) is 6. The number of ether oxygens (including phenoxy) is 3. The van der Waals surface area contributed by atoms with Crippen molar-refractivity contribution in [1.29, 1.82) is 0 Å². The van der Waals surface area contributed by atoms with Crippen molar-refractivity contribution in [1.82, 2.24) is 5.01 Å². The fraction of sp³-hybridized carbons (Fsp3) is 0.190. The highest BCUT2D eigenvalue weighted by atomic mass is 35.5. The summed E-state index contributed by atoms with van der Waals surface area (Å²) in [4.78, 5) is 1.18. The zero-order chi connectivity index (χ0) is 18.7. The van der Waals surface area contributed by atoms with E-state index in [2.05, 4.69) is 23.6 Å². The monoisotopic (exact) mass is 410 g/mol. The van der Waals surface area contributed by atoms with Gasteiger partial charge in [-0.15, -0.1) is 11.3 Å². The summed E-state index contributed by atoms with van der Waals surface area (Å²) in [5.41, 5.74) is 3.04. The summed E-state index contributed by atoms with van der Waals surface area (Å²) >= 11 is 8.31.